The third-order valence-electron chi connectivity index (χ3n) is 4.59. The van der Waals surface area contributed by atoms with Crippen molar-refractivity contribution in [3.05, 3.63) is 59.1 Å². The Kier molecular flexibility index (Phi) is 6.31. The third-order valence-corrected chi connectivity index (χ3v) is 4.84. The first-order valence-electron chi connectivity index (χ1n) is 9.07. The van der Waals surface area contributed by atoms with Gasteiger partial charge in [-0.15, -0.1) is 0 Å². The molecule has 1 aliphatic rings. The summed E-state index contributed by atoms with van der Waals surface area (Å²) in [4.78, 5) is 38.1. The molecule has 1 saturated heterocycles. The van der Waals surface area contributed by atoms with E-state index in [1.807, 2.05) is 24.3 Å². The summed E-state index contributed by atoms with van der Waals surface area (Å²) in [6.45, 7) is 1.91. The summed E-state index contributed by atoms with van der Waals surface area (Å²) in [6.07, 6.45) is 0.994. The van der Waals surface area contributed by atoms with Gasteiger partial charge in [-0.05, 0) is 48.4 Å². The van der Waals surface area contributed by atoms with Crippen LogP contribution in [0, 0.1) is 5.92 Å². The van der Waals surface area contributed by atoms with Crippen molar-refractivity contribution in [1.29, 1.82) is 0 Å². The minimum Gasteiger partial charge on any atom is -0.455 e. The minimum atomic E-state index is -0.582. The van der Waals surface area contributed by atoms with Crippen LogP contribution in [0.2, 0.25) is 5.02 Å². The number of halogens is 1. The van der Waals surface area contributed by atoms with Crippen LogP contribution in [0.5, 0.6) is 0 Å². The fraction of sp³-hybridized carbons (Fsp3) is 0.286. The smallest absolute Gasteiger partial charge is 0.311 e. The molecule has 0 aliphatic carbocycles. The molecular formula is C21H21ClN2O4. The van der Waals surface area contributed by atoms with Crippen LogP contribution in [0.15, 0.2) is 48.5 Å². The van der Waals surface area contributed by atoms with E-state index in [0.717, 1.165) is 12.1 Å². The number of anilines is 2. The highest BCUT2D eigenvalue weighted by atomic mass is 35.5. The zero-order valence-corrected chi connectivity index (χ0v) is 16.2. The zero-order valence-electron chi connectivity index (χ0n) is 15.5. The Hall–Kier alpha value is -2.86. The predicted octanol–water partition coefficient (Wildman–Crippen LogP) is 3.44. The molecule has 1 aliphatic heterocycles. The highest BCUT2D eigenvalue weighted by Gasteiger charge is 2.36. The van der Waals surface area contributed by atoms with Gasteiger partial charge in [0.1, 0.15) is 0 Å². The van der Waals surface area contributed by atoms with E-state index in [0.29, 0.717) is 10.7 Å². The molecule has 2 aromatic carbocycles. The van der Waals surface area contributed by atoms with Crippen molar-refractivity contribution in [2.45, 2.75) is 19.8 Å². The Labute approximate surface area is 168 Å². The highest BCUT2D eigenvalue weighted by Crippen LogP contribution is 2.26. The quantitative estimate of drug-likeness (QED) is 0.753. The number of nitrogens with zero attached hydrogens (tertiary/aromatic N) is 1. The average molecular weight is 401 g/mol. The van der Waals surface area contributed by atoms with Gasteiger partial charge in [-0.1, -0.05) is 30.7 Å². The van der Waals surface area contributed by atoms with E-state index in [2.05, 4.69) is 12.2 Å². The largest absolute Gasteiger partial charge is 0.455 e. The SMILES string of the molecule is CCc1ccc(N2C[C@H](C(=O)OCC(=O)Nc3ccc(Cl)cc3)CC2=O)cc1. The van der Waals surface area contributed by atoms with E-state index in [4.69, 9.17) is 16.3 Å². The predicted molar refractivity (Wildman–Crippen MR) is 107 cm³/mol. The van der Waals surface area contributed by atoms with Crippen LogP contribution in [0.25, 0.3) is 0 Å². The summed E-state index contributed by atoms with van der Waals surface area (Å²) in [5, 5.41) is 3.18. The van der Waals surface area contributed by atoms with Gasteiger partial charge in [-0.25, -0.2) is 0 Å². The second kappa shape index (κ2) is 8.89. The highest BCUT2D eigenvalue weighted by molar-refractivity contribution is 6.30. The van der Waals surface area contributed by atoms with Crippen LogP contribution in [0.4, 0.5) is 11.4 Å². The second-order valence-corrected chi connectivity index (χ2v) is 7.02. The lowest BCUT2D eigenvalue weighted by Crippen LogP contribution is -2.28. The van der Waals surface area contributed by atoms with E-state index in [1.165, 1.54) is 5.56 Å². The first kappa shape index (κ1) is 19.9. The molecule has 7 heteroatoms. The van der Waals surface area contributed by atoms with Crippen LogP contribution in [0.1, 0.15) is 18.9 Å². The van der Waals surface area contributed by atoms with Crippen molar-refractivity contribution in [2.75, 3.05) is 23.4 Å². The zero-order chi connectivity index (χ0) is 20.1. The number of esters is 1. The summed E-state index contributed by atoms with van der Waals surface area (Å²) >= 11 is 5.79. The van der Waals surface area contributed by atoms with Gasteiger partial charge >= 0.3 is 5.97 Å². The number of nitrogens with one attached hydrogen (secondary N) is 1. The third kappa shape index (κ3) is 4.89. The number of rotatable bonds is 6. The van der Waals surface area contributed by atoms with Crippen LogP contribution in [-0.4, -0.2) is 30.9 Å². The number of aryl methyl sites for hydroxylation is 1. The minimum absolute atomic E-state index is 0.0766. The number of carbonyl (C=O) groups is 3. The molecule has 0 bridgehead atoms. The van der Waals surface area contributed by atoms with E-state index in [9.17, 15) is 14.4 Å². The number of hydrogen-bond acceptors (Lipinski definition) is 4. The molecular weight excluding hydrogens is 380 g/mol. The van der Waals surface area contributed by atoms with Crippen molar-refractivity contribution < 1.29 is 19.1 Å². The molecule has 3 rings (SSSR count). The molecule has 0 spiro atoms. The first-order valence-corrected chi connectivity index (χ1v) is 9.45. The van der Waals surface area contributed by atoms with Gasteiger partial charge in [-0.2, -0.15) is 0 Å². The molecule has 6 nitrogen and oxygen atoms in total. The lowest BCUT2D eigenvalue weighted by molar-refractivity contribution is -0.151. The van der Waals surface area contributed by atoms with Crippen molar-refractivity contribution in [1.82, 2.24) is 0 Å². The maximum atomic E-state index is 12.3. The van der Waals surface area contributed by atoms with E-state index < -0.39 is 24.4 Å². The van der Waals surface area contributed by atoms with Gasteiger partial charge < -0.3 is 15.0 Å². The van der Waals surface area contributed by atoms with Gasteiger partial charge in [0, 0.05) is 29.4 Å². The monoisotopic (exact) mass is 400 g/mol. The molecule has 1 heterocycles. The molecule has 1 atom stereocenters. The maximum absolute atomic E-state index is 12.3. The summed E-state index contributed by atoms with van der Waals surface area (Å²) in [6, 6.07) is 14.3. The first-order chi connectivity index (χ1) is 13.5. The Balaban J connectivity index is 1.51. The second-order valence-electron chi connectivity index (χ2n) is 6.59. The summed E-state index contributed by atoms with van der Waals surface area (Å²) < 4.78 is 5.10. The number of hydrogen-bond donors (Lipinski definition) is 1. The number of ether oxygens (including phenoxy) is 1. The van der Waals surface area contributed by atoms with E-state index in [1.54, 1.807) is 29.2 Å². The van der Waals surface area contributed by atoms with Crippen LogP contribution in [0.3, 0.4) is 0 Å². The fourth-order valence-electron chi connectivity index (χ4n) is 3.01. The van der Waals surface area contributed by atoms with Gasteiger partial charge in [0.25, 0.3) is 5.91 Å². The normalized spacial score (nSPS) is 16.1. The fourth-order valence-corrected chi connectivity index (χ4v) is 3.14. The van der Waals surface area contributed by atoms with E-state index in [-0.39, 0.29) is 18.9 Å². The van der Waals surface area contributed by atoms with E-state index >= 15 is 0 Å². The molecule has 2 amide bonds. The number of amides is 2. The Bertz CT molecular complexity index is 865. The lowest BCUT2D eigenvalue weighted by Gasteiger charge is -2.17. The Morgan fingerprint density at radius 1 is 1.14 bits per heavy atom. The van der Waals surface area contributed by atoms with Crippen LogP contribution < -0.4 is 10.2 Å². The van der Waals surface area contributed by atoms with Gasteiger partial charge in [0.2, 0.25) is 5.91 Å². The molecule has 28 heavy (non-hydrogen) atoms. The molecule has 0 unspecified atom stereocenters. The topological polar surface area (TPSA) is 75.7 Å². The van der Waals surface area contributed by atoms with Crippen molar-refractivity contribution >= 4 is 40.8 Å². The van der Waals surface area contributed by atoms with Gasteiger partial charge in [0.15, 0.2) is 6.61 Å². The summed E-state index contributed by atoms with van der Waals surface area (Å²) in [5.41, 5.74) is 2.50. The molecule has 146 valence electrons. The molecule has 0 saturated carbocycles. The summed E-state index contributed by atoms with van der Waals surface area (Å²) in [7, 11) is 0. The summed E-state index contributed by atoms with van der Waals surface area (Å²) in [5.74, 6) is -1.71. The van der Waals surface area contributed by atoms with Crippen LogP contribution >= 0.6 is 11.6 Å². The standard InChI is InChI=1S/C21H21ClN2O4/c1-2-14-3-9-18(10-4-14)24-12-15(11-20(24)26)21(27)28-13-19(25)23-17-7-5-16(22)6-8-17/h3-10,15H,2,11-13H2,1H3,(H,23,25)/t15-/m1/s1. The average Bonchev–Trinajstić information content (AvgIpc) is 3.10. The van der Waals surface area contributed by atoms with Crippen molar-refractivity contribution in [3.63, 3.8) is 0 Å². The maximum Gasteiger partial charge on any atom is 0.311 e. The molecule has 0 radical (unpaired) electrons. The molecule has 1 fully saturated rings. The van der Waals surface area contributed by atoms with Crippen molar-refractivity contribution in [3.8, 4) is 0 Å². The molecule has 2 aromatic rings. The Morgan fingerprint density at radius 3 is 2.46 bits per heavy atom. The van der Waals surface area contributed by atoms with Crippen LogP contribution in [-0.2, 0) is 25.5 Å². The van der Waals surface area contributed by atoms with Gasteiger partial charge in [0.05, 0.1) is 5.92 Å². The van der Waals surface area contributed by atoms with Crippen molar-refractivity contribution in [2.24, 2.45) is 5.92 Å². The number of carbonyl (C=O) groups excluding carboxylic acids is 3. The van der Waals surface area contributed by atoms with Gasteiger partial charge in [-0.3, -0.25) is 14.4 Å². The lowest BCUT2D eigenvalue weighted by atomic mass is 10.1. The number of benzene rings is 2. The Morgan fingerprint density at radius 2 is 1.82 bits per heavy atom. The molecule has 0 aromatic heterocycles. The molecule has 1 N–H and O–H groups in total.